The second kappa shape index (κ2) is 6.30. The molecule has 1 aliphatic heterocycles. The summed E-state index contributed by atoms with van der Waals surface area (Å²) in [5, 5.41) is 29.9. The number of carbonyl (C=O) groups is 1. The Balaban J connectivity index is 2.64. The second-order valence-electron chi connectivity index (χ2n) is 4.46. The smallest absolute Gasteiger partial charge is 0.226 e. The summed E-state index contributed by atoms with van der Waals surface area (Å²) in [6, 6.07) is 0. The quantitative estimate of drug-likeness (QED) is 0.464. The molecule has 17 heavy (non-hydrogen) atoms. The van der Waals surface area contributed by atoms with E-state index in [-0.39, 0.29) is 17.9 Å². The van der Waals surface area contributed by atoms with Gasteiger partial charge in [0, 0.05) is 6.61 Å². The topological polar surface area (TPSA) is 99.0 Å². The van der Waals surface area contributed by atoms with Crippen LogP contribution in [0.1, 0.15) is 19.8 Å². The van der Waals surface area contributed by atoms with Crippen molar-refractivity contribution in [3.8, 4) is 0 Å². The Hall–Kier alpha value is -0.690. The second-order valence-corrected chi connectivity index (χ2v) is 4.46. The molecule has 2 atom stereocenters. The minimum atomic E-state index is -1.35. The van der Waals surface area contributed by atoms with Crippen LogP contribution in [0, 0.1) is 5.92 Å². The van der Waals surface area contributed by atoms with E-state index in [4.69, 9.17) is 20.1 Å². The Morgan fingerprint density at radius 3 is 2.41 bits per heavy atom. The van der Waals surface area contributed by atoms with Crippen molar-refractivity contribution in [3.05, 3.63) is 0 Å². The van der Waals surface area contributed by atoms with Gasteiger partial charge in [-0.2, -0.15) is 0 Å². The molecule has 0 radical (unpaired) electrons. The lowest BCUT2D eigenvalue weighted by molar-refractivity contribution is -0.131. The number of carbonyl (C=O) groups excluding carboxylic acids is 1. The van der Waals surface area contributed by atoms with E-state index in [1.54, 1.807) is 0 Å². The third-order valence-corrected chi connectivity index (χ3v) is 3.25. The van der Waals surface area contributed by atoms with Gasteiger partial charge in [-0.15, -0.1) is 0 Å². The predicted molar refractivity (Wildman–Crippen MR) is 60.3 cm³/mol. The molecule has 0 aliphatic carbocycles. The van der Waals surface area contributed by atoms with Crippen LogP contribution in [0.4, 0.5) is 0 Å². The Labute approximate surface area is 101 Å². The zero-order valence-electron chi connectivity index (χ0n) is 10.1. The van der Waals surface area contributed by atoms with E-state index in [1.165, 1.54) is 0 Å². The van der Waals surface area contributed by atoms with E-state index >= 15 is 0 Å². The molecule has 6 nitrogen and oxygen atoms in total. The molecule has 0 aromatic carbocycles. The van der Waals surface area contributed by atoms with Gasteiger partial charge in [0.25, 0.3) is 0 Å². The summed E-state index contributed by atoms with van der Waals surface area (Å²) in [4.78, 5) is 12.0. The molecule has 1 aliphatic rings. The predicted octanol–water partition coefficient (Wildman–Crippen LogP) is -1.37. The van der Waals surface area contributed by atoms with Crippen molar-refractivity contribution in [1.29, 1.82) is 0 Å². The molecule has 1 heterocycles. The molecule has 4 N–H and O–H groups in total. The number of hydrogen-bond acceptors (Lipinski definition) is 5. The van der Waals surface area contributed by atoms with Gasteiger partial charge in [-0.25, -0.2) is 0 Å². The number of nitrogens with one attached hydrogen (secondary N) is 1. The zero-order chi connectivity index (χ0) is 12.9. The fourth-order valence-corrected chi connectivity index (χ4v) is 1.97. The van der Waals surface area contributed by atoms with Gasteiger partial charge >= 0.3 is 0 Å². The summed E-state index contributed by atoms with van der Waals surface area (Å²) < 4.78 is 5.40. The number of hydrogen-bond donors (Lipinski definition) is 4. The highest BCUT2D eigenvalue weighted by Gasteiger charge is 2.37. The van der Waals surface area contributed by atoms with Gasteiger partial charge in [0.1, 0.15) is 5.54 Å². The van der Waals surface area contributed by atoms with E-state index in [2.05, 4.69) is 5.32 Å². The first-order valence-electron chi connectivity index (χ1n) is 5.88. The highest BCUT2D eigenvalue weighted by atomic mass is 16.5. The molecule has 1 rings (SSSR count). The molecule has 0 aromatic rings. The first-order valence-corrected chi connectivity index (χ1v) is 5.88. The number of aliphatic hydroxyl groups is 3. The van der Waals surface area contributed by atoms with E-state index in [9.17, 15) is 4.79 Å². The first-order chi connectivity index (χ1) is 8.12. The van der Waals surface area contributed by atoms with Crippen LogP contribution < -0.4 is 5.32 Å². The van der Waals surface area contributed by atoms with Crippen molar-refractivity contribution in [1.82, 2.24) is 5.32 Å². The number of rotatable bonds is 6. The Kier molecular flexibility index (Phi) is 5.32. The van der Waals surface area contributed by atoms with Crippen LogP contribution in [-0.4, -0.2) is 59.3 Å². The van der Waals surface area contributed by atoms with Crippen molar-refractivity contribution in [2.75, 3.05) is 26.4 Å². The van der Waals surface area contributed by atoms with Gasteiger partial charge in [-0.05, 0) is 12.8 Å². The van der Waals surface area contributed by atoms with Gasteiger partial charge in [-0.1, -0.05) is 6.92 Å². The Morgan fingerprint density at radius 2 is 1.94 bits per heavy atom. The Morgan fingerprint density at radius 1 is 1.35 bits per heavy atom. The average Bonchev–Trinajstić information content (AvgIpc) is 2.84. The maximum Gasteiger partial charge on any atom is 0.226 e. The van der Waals surface area contributed by atoms with E-state index in [0.29, 0.717) is 13.0 Å². The first kappa shape index (κ1) is 14.4. The van der Waals surface area contributed by atoms with Crippen LogP contribution in [0.3, 0.4) is 0 Å². The normalized spacial score (nSPS) is 24.9. The maximum absolute atomic E-state index is 12.0. The molecule has 0 spiro atoms. The monoisotopic (exact) mass is 247 g/mol. The molecule has 1 fully saturated rings. The van der Waals surface area contributed by atoms with Crippen molar-refractivity contribution in [2.24, 2.45) is 5.92 Å². The van der Waals surface area contributed by atoms with Crippen molar-refractivity contribution < 1.29 is 24.9 Å². The molecule has 100 valence electrons. The summed E-state index contributed by atoms with van der Waals surface area (Å²) in [5.41, 5.74) is -1.35. The van der Waals surface area contributed by atoms with Gasteiger partial charge in [0.2, 0.25) is 5.91 Å². The molecule has 2 unspecified atom stereocenters. The van der Waals surface area contributed by atoms with Crippen molar-refractivity contribution in [2.45, 2.75) is 31.4 Å². The van der Waals surface area contributed by atoms with Gasteiger partial charge in [-0.3, -0.25) is 4.79 Å². The summed E-state index contributed by atoms with van der Waals surface area (Å²) >= 11 is 0. The van der Waals surface area contributed by atoms with Crippen LogP contribution in [0.5, 0.6) is 0 Å². The fourth-order valence-electron chi connectivity index (χ4n) is 1.97. The zero-order valence-corrected chi connectivity index (χ0v) is 10.1. The molecular weight excluding hydrogens is 226 g/mol. The molecule has 0 bridgehead atoms. The lowest BCUT2D eigenvalue weighted by Crippen LogP contribution is -2.58. The minimum Gasteiger partial charge on any atom is -0.394 e. The van der Waals surface area contributed by atoms with E-state index in [1.807, 2.05) is 6.92 Å². The van der Waals surface area contributed by atoms with Crippen LogP contribution >= 0.6 is 0 Å². The third kappa shape index (κ3) is 3.16. The van der Waals surface area contributed by atoms with Gasteiger partial charge < -0.3 is 25.4 Å². The van der Waals surface area contributed by atoms with Gasteiger partial charge in [0.05, 0.1) is 31.8 Å². The van der Waals surface area contributed by atoms with Crippen LogP contribution in [-0.2, 0) is 9.53 Å². The minimum absolute atomic E-state index is 0.122. The van der Waals surface area contributed by atoms with Crippen LogP contribution in [0.25, 0.3) is 0 Å². The number of aliphatic hydroxyl groups excluding tert-OH is 3. The Bertz CT molecular complexity index is 246. The molecule has 0 aromatic heterocycles. The van der Waals surface area contributed by atoms with Crippen molar-refractivity contribution in [3.63, 3.8) is 0 Å². The summed E-state index contributed by atoms with van der Waals surface area (Å²) in [5.74, 6) is -0.560. The standard InChI is InChI=1S/C11H21NO5/c1-2-9-8(3-4-17-9)10(16)12-11(5-13,6-14)7-15/h8-9,13-15H,2-7H2,1H3,(H,12,16). The number of ether oxygens (including phenoxy) is 1. The average molecular weight is 247 g/mol. The molecule has 0 saturated carbocycles. The fraction of sp³-hybridized carbons (Fsp3) is 0.909. The summed E-state index contributed by atoms with van der Waals surface area (Å²) in [6.07, 6.45) is 1.24. The third-order valence-electron chi connectivity index (χ3n) is 3.25. The van der Waals surface area contributed by atoms with Crippen molar-refractivity contribution >= 4 is 5.91 Å². The highest BCUT2D eigenvalue weighted by Crippen LogP contribution is 2.24. The molecule has 1 saturated heterocycles. The maximum atomic E-state index is 12.0. The largest absolute Gasteiger partial charge is 0.394 e. The molecular formula is C11H21NO5. The lowest BCUT2D eigenvalue weighted by Gasteiger charge is -2.30. The van der Waals surface area contributed by atoms with E-state index < -0.39 is 25.4 Å². The summed E-state index contributed by atoms with van der Waals surface area (Å²) in [7, 11) is 0. The summed E-state index contributed by atoms with van der Waals surface area (Å²) in [6.45, 7) is 0.969. The van der Waals surface area contributed by atoms with Crippen LogP contribution in [0.2, 0.25) is 0 Å². The molecule has 1 amide bonds. The molecule has 6 heteroatoms. The van der Waals surface area contributed by atoms with E-state index in [0.717, 1.165) is 6.42 Å². The van der Waals surface area contributed by atoms with Crippen LogP contribution in [0.15, 0.2) is 0 Å². The SMILES string of the molecule is CCC1OCCC1C(=O)NC(CO)(CO)CO. The lowest BCUT2D eigenvalue weighted by atomic mass is 9.95. The highest BCUT2D eigenvalue weighted by molar-refractivity contribution is 5.80. The number of amides is 1. The van der Waals surface area contributed by atoms with Gasteiger partial charge in [0.15, 0.2) is 0 Å².